The lowest BCUT2D eigenvalue weighted by molar-refractivity contribution is -0.139. The first-order chi connectivity index (χ1) is 16.4. The first kappa shape index (κ1) is 24.2. The smallest absolute Gasteiger partial charge is 0.329 e. The molecule has 0 spiro atoms. The average Bonchev–Trinajstić information content (AvgIpc) is 3.30. The molecule has 11 heteroatoms. The Kier molecular flexibility index (Phi) is 8.53. The molecule has 0 unspecified atom stereocenters. The van der Waals surface area contributed by atoms with Crippen LogP contribution in [-0.4, -0.2) is 29.8 Å². The Hall–Kier alpha value is -4.44. The molecule has 0 atom stereocenters. The highest BCUT2D eigenvalue weighted by molar-refractivity contribution is 6.39. The molecule has 174 valence electrons. The fourth-order valence-corrected chi connectivity index (χ4v) is 2.71. The second-order valence-corrected chi connectivity index (χ2v) is 7.25. The van der Waals surface area contributed by atoms with E-state index in [2.05, 4.69) is 26.5 Å². The highest BCUT2D eigenvalue weighted by Gasteiger charge is 2.14. The highest BCUT2D eigenvalue weighted by atomic mass is 35.5. The van der Waals surface area contributed by atoms with E-state index in [9.17, 15) is 19.2 Å². The number of nitrogens with one attached hydrogen (secondary N) is 4. The van der Waals surface area contributed by atoms with Gasteiger partial charge in [0.2, 0.25) is 0 Å². The number of benzene rings is 2. The van der Waals surface area contributed by atoms with Gasteiger partial charge in [-0.1, -0.05) is 41.9 Å². The minimum absolute atomic E-state index is 0.0334. The van der Waals surface area contributed by atoms with Gasteiger partial charge in [-0.2, -0.15) is 5.10 Å². The number of anilines is 1. The molecule has 3 aromatic rings. The molecule has 10 nitrogen and oxygen atoms in total. The van der Waals surface area contributed by atoms with Crippen molar-refractivity contribution >= 4 is 47.1 Å². The van der Waals surface area contributed by atoms with Gasteiger partial charge in [-0.05, 0) is 42.0 Å². The van der Waals surface area contributed by atoms with Crippen LogP contribution in [0.25, 0.3) is 0 Å². The molecule has 4 amide bonds. The number of para-hydroxylation sites is 1. The molecule has 1 heterocycles. The van der Waals surface area contributed by atoms with Crippen LogP contribution in [0.1, 0.15) is 17.1 Å². The second kappa shape index (κ2) is 12.0. The lowest BCUT2D eigenvalue weighted by Crippen LogP contribution is -2.37. The van der Waals surface area contributed by atoms with E-state index in [0.717, 1.165) is 5.56 Å². The fourth-order valence-electron chi connectivity index (χ4n) is 2.59. The summed E-state index contributed by atoms with van der Waals surface area (Å²) in [4.78, 5) is 47.4. The third-order valence-corrected chi connectivity index (χ3v) is 4.53. The molecular formula is C23H20ClN5O5. The molecule has 0 saturated heterocycles. The topological polar surface area (TPSA) is 142 Å². The van der Waals surface area contributed by atoms with Crippen molar-refractivity contribution in [1.29, 1.82) is 0 Å². The zero-order chi connectivity index (χ0) is 24.3. The van der Waals surface area contributed by atoms with Crippen molar-refractivity contribution in [1.82, 2.24) is 16.1 Å². The van der Waals surface area contributed by atoms with Crippen LogP contribution in [0.5, 0.6) is 0 Å². The van der Waals surface area contributed by atoms with E-state index in [-0.39, 0.29) is 18.8 Å². The van der Waals surface area contributed by atoms with E-state index in [1.165, 1.54) is 6.21 Å². The van der Waals surface area contributed by atoms with Crippen LogP contribution in [-0.2, 0) is 32.3 Å². The van der Waals surface area contributed by atoms with Crippen LogP contribution in [0.4, 0.5) is 5.69 Å². The first-order valence-electron chi connectivity index (χ1n) is 9.99. The van der Waals surface area contributed by atoms with Crippen molar-refractivity contribution in [3.63, 3.8) is 0 Å². The van der Waals surface area contributed by atoms with Gasteiger partial charge in [0.15, 0.2) is 0 Å². The van der Waals surface area contributed by atoms with E-state index in [4.69, 9.17) is 16.0 Å². The van der Waals surface area contributed by atoms with Crippen molar-refractivity contribution < 1.29 is 23.6 Å². The summed E-state index contributed by atoms with van der Waals surface area (Å²) < 4.78 is 5.43. The maximum absolute atomic E-state index is 11.9. The van der Waals surface area contributed by atoms with E-state index < -0.39 is 23.6 Å². The van der Waals surface area contributed by atoms with Crippen molar-refractivity contribution in [3.8, 4) is 0 Å². The van der Waals surface area contributed by atoms with E-state index in [1.807, 2.05) is 0 Å². The van der Waals surface area contributed by atoms with Crippen molar-refractivity contribution in [2.45, 2.75) is 13.1 Å². The molecule has 34 heavy (non-hydrogen) atoms. The van der Waals surface area contributed by atoms with Crippen LogP contribution in [0, 0.1) is 0 Å². The Morgan fingerprint density at radius 2 is 1.47 bits per heavy atom. The molecule has 3 rings (SSSR count). The standard InChI is InChI=1S/C23H20ClN5O5/c24-16-8-6-15(7-9-16)12-25-21(31)23(33)29-27-14-19-11-10-18(34-19)13-26-20(30)22(32)28-17-4-2-1-3-5-17/h1-11,14H,12-13H2,(H,25,31)(H,26,30)(H,28,32)(H,29,33)/b27-14+. The third kappa shape index (κ3) is 7.61. The number of rotatable bonds is 7. The molecule has 2 aromatic carbocycles. The van der Waals surface area contributed by atoms with Gasteiger partial charge in [-0.25, -0.2) is 5.43 Å². The summed E-state index contributed by atoms with van der Waals surface area (Å²) in [7, 11) is 0. The largest absolute Gasteiger partial charge is 0.458 e. The Balaban J connectivity index is 1.39. The van der Waals surface area contributed by atoms with Crippen molar-refractivity contribution in [3.05, 3.63) is 88.8 Å². The van der Waals surface area contributed by atoms with Crippen LogP contribution in [0.15, 0.2) is 76.2 Å². The molecule has 4 N–H and O–H groups in total. The molecule has 0 aliphatic rings. The number of furan rings is 1. The van der Waals surface area contributed by atoms with Gasteiger partial charge in [-0.15, -0.1) is 0 Å². The Bertz CT molecular complexity index is 1190. The number of carbonyl (C=O) groups excluding carboxylic acids is 4. The summed E-state index contributed by atoms with van der Waals surface area (Å²) in [6.07, 6.45) is 1.19. The predicted molar refractivity (Wildman–Crippen MR) is 125 cm³/mol. The number of nitrogens with zero attached hydrogens (tertiary/aromatic N) is 1. The van der Waals surface area contributed by atoms with Gasteiger partial charge in [0.25, 0.3) is 0 Å². The van der Waals surface area contributed by atoms with E-state index in [1.54, 1.807) is 66.7 Å². The van der Waals surface area contributed by atoms with Gasteiger partial charge < -0.3 is 20.4 Å². The molecule has 0 saturated carbocycles. The van der Waals surface area contributed by atoms with Crippen LogP contribution in [0.3, 0.4) is 0 Å². The zero-order valence-corrected chi connectivity index (χ0v) is 18.5. The molecule has 0 bridgehead atoms. The molecule has 0 fully saturated rings. The van der Waals surface area contributed by atoms with Gasteiger partial charge in [0.05, 0.1) is 12.8 Å². The van der Waals surface area contributed by atoms with Gasteiger partial charge >= 0.3 is 23.6 Å². The van der Waals surface area contributed by atoms with Crippen molar-refractivity contribution in [2.24, 2.45) is 5.10 Å². The summed E-state index contributed by atoms with van der Waals surface area (Å²) >= 11 is 5.80. The number of hydrogen-bond donors (Lipinski definition) is 4. The Morgan fingerprint density at radius 1 is 0.794 bits per heavy atom. The van der Waals surface area contributed by atoms with Gasteiger partial charge in [0, 0.05) is 17.3 Å². The van der Waals surface area contributed by atoms with Crippen LogP contribution in [0.2, 0.25) is 5.02 Å². The van der Waals surface area contributed by atoms with E-state index >= 15 is 0 Å². The normalized spacial score (nSPS) is 10.5. The fraction of sp³-hybridized carbons (Fsp3) is 0.0870. The summed E-state index contributed by atoms with van der Waals surface area (Å²) in [6.45, 7) is 0.123. The molecule has 0 aliphatic heterocycles. The van der Waals surface area contributed by atoms with Crippen LogP contribution >= 0.6 is 11.6 Å². The third-order valence-electron chi connectivity index (χ3n) is 4.27. The SMILES string of the molecule is O=C(NCc1ccc(Cl)cc1)C(=O)N/N=C/c1ccc(CNC(=O)C(=O)Nc2ccccc2)o1. The maximum atomic E-state index is 11.9. The molecule has 1 aromatic heterocycles. The summed E-state index contributed by atoms with van der Waals surface area (Å²) in [5.74, 6) is -2.82. The number of carbonyl (C=O) groups is 4. The second-order valence-electron chi connectivity index (χ2n) is 6.82. The first-order valence-corrected chi connectivity index (χ1v) is 10.4. The minimum atomic E-state index is -0.950. The Labute approximate surface area is 199 Å². The number of halogens is 1. The zero-order valence-electron chi connectivity index (χ0n) is 17.7. The summed E-state index contributed by atoms with van der Waals surface area (Å²) in [6, 6.07) is 18.5. The van der Waals surface area contributed by atoms with Gasteiger partial charge in [0.1, 0.15) is 11.5 Å². The van der Waals surface area contributed by atoms with E-state index in [0.29, 0.717) is 16.5 Å². The molecule has 0 aliphatic carbocycles. The molecular weight excluding hydrogens is 462 g/mol. The lowest BCUT2D eigenvalue weighted by atomic mass is 10.2. The number of hydrazone groups is 1. The minimum Gasteiger partial charge on any atom is -0.458 e. The number of hydrogen-bond acceptors (Lipinski definition) is 6. The monoisotopic (exact) mass is 481 g/mol. The number of amides is 4. The summed E-state index contributed by atoms with van der Waals surface area (Å²) in [5, 5.41) is 11.6. The Morgan fingerprint density at radius 3 is 2.21 bits per heavy atom. The maximum Gasteiger partial charge on any atom is 0.329 e. The van der Waals surface area contributed by atoms with Crippen LogP contribution < -0.4 is 21.4 Å². The predicted octanol–water partition coefficient (Wildman–Crippen LogP) is 1.95. The summed E-state index contributed by atoms with van der Waals surface area (Å²) in [5.41, 5.74) is 3.37. The average molecular weight is 482 g/mol. The molecule has 0 radical (unpaired) electrons. The highest BCUT2D eigenvalue weighted by Crippen LogP contribution is 2.09. The van der Waals surface area contributed by atoms with Gasteiger partial charge in [-0.3, -0.25) is 19.2 Å². The lowest BCUT2D eigenvalue weighted by Gasteiger charge is -2.05. The van der Waals surface area contributed by atoms with Crippen molar-refractivity contribution in [2.75, 3.05) is 5.32 Å². The quantitative estimate of drug-likeness (QED) is 0.232.